The minimum absolute atomic E-state index is 0.149. The molecule has 0 radical (unpaired) electrons. The third kappa shape index (κ3) is 4.26. The minimum atomic E-state index is -0.364. The molecule has 3 saturated carbocycles. The number of nitrogen functional groups attached to an aromatic ring is 1. The number of aromatic amines is 1. The Labute approximate surface area is 236 Å². The third-order valence-corrected chi connectivity index (χ3v) is 11.3. The molecule has 7 atom stereocenters. The first-order chi connectivity index (χ1) is 19.2. The Morgan fingerprint density at radius 1 is 1.15 bits per heavy atom. The van der Waals surface area contributed by atoms with Crippen LogP contribution in [-0.2, 0) is 0 Å². The Morgan fingerprint density at radius 3 is 2.67 bits per heavy atom. The van der Waals surface area contributed by atoms with E-state index < -0.39 is 0 Å². The van der Waals surface area contributed by atoms with Crippen LogP contribution in [0.3, 0.4) is 0 Å². The van der Waals surface area contributed by atoms with E-state index in [0.29, 0.717) is 34.9 Å². The van der Waals surface area contributed by atoms with Crippen molar-refractivity contribution in [1.82, 2.24) is 15.6 Å². The van der Waals surface area contributed by atoms with E-state index in [1.165, 1.54) is 24.8 Å². The number of aromatic nitrogens is 2. The molecule has 8 nitrogen and oxygen atoms in total. The highest BCUT2D eigenvalue weighted by Gasteiger charge is 2.59. The van der Waals surface area contributed by atoms with Crippen molar-refractivity contribution in [2.75, 3.05) is 12.8 Å². The molecule has 0 spiro atoms. The number of aliphatic hydroxyl groups excluding tert-OH is 1. The second kappa shape index (κ2) is 10.1. The predicted octanol–water partition coefficient (Wildman–Crippen LogP) is 5.71. The van der Waals surface area contributed by atoms with Gasteiger partial charge >= 0.3 is 0 Å². The molecule has 8 heteroatoms. The molecule has 0 saturated heterocycles. The molecule has 4 aliphatic carbocycles. The van der Waals surface area contributed by atoms with Gasteiger partial charge in [0.05, 0.1) is 18.9 Å². The van der Waals surface area contributed by atoms with Crippen molar-refractivity contribution in [3.8, 4) is 17.0 Å². The monoisotopic (exact) mass is 545 g/mol. The molecule has 5 N–H and O–H groups in total. The number of rotatable bonds is 5. The van der Waals surface area contributed by atoms with Crippen LogP contribution in [0.2, 0.25) is 0 Å². The van der Waals surface area contributed by atoms with E-state index in [2.05, 4.69) is 47.6 Å². The maximum Gasteiger partial charge on any atom is 0.277 e. The normalized spacial score (nSPS) is 35.3. The maximum absolute atomic E-state index is 13.3. The minimum Gasteiger partial charge on any atom is -0.497 e. The summed E-state index contributed by atoms with van der Waals surface area (Å²) >= 11 is 0. The van der Waals surface area contributed by atoms with E-state index in [9.17, 15) is 9.90 Å². The van der Waals surface area contributed by atoms with Crippen LogP contribution in [0.15, 0.2) is 41.0 Å². The van der Waals surface area contributed by atoms with Crippen LogP contribution in [0.1, 0.15) is 82.5 Å². The number of anilines is 1. The van der Waals surface area contributed by atoms with Gasteiger partial charge in [-0.3, -0.25) is 9.89 Å². The van der Waals surface area contributed by atoms with Gasteiger partial charge in [-0.05, 0) is 111 Å². The van der Waals surface area contributed by atoms with Gasteiger partial charge in [-0.2, -0.15) is 10.2 Å². The number of fused-ring (bicyclic) bond motifs is 5. The first-order valence-corrected chi connectivity index (χ1v) is 14.9. The molecule has 6 rings (SSSR count). The fraction of sp³-hybridized carbons (Fsp3) is 0.594. The average molecular weight is 546 g/mol. The molecule has 1 heterocycles. The number of carbonyl (C=O) groups is 1. The second-order valence-electron chi connectivity index (χ2n) is 13.1. The summed E-state index contributed by atoms with van der Waals surface area (Å²) < 4.78 is 5.25. The summed E-state index contributed by atoms with van der Waals surface area (Å²) in [4.78, 5) is 13.3. The van der Waals surface area contributed by atoms with Gasteiger partial charge < -0.3 is 15.6 Å². The number of benzene rings is 1. The van der Waals surface area contributed by atoms with Crippen molar-refractivity contribution < 1.29 is 14.6 Å². The molecule has 3 fully saturated rings. The molecule has 1 aromatic carbocycles. The molecule has 214 valence electrons. The fourth-order valence-corrected chi connectivity index (χ4v) is 9.15. The molecule has 0 aliphatic heterocycles. The highest BCUT2D eigenvalue weighted by molar-refractivity contribution is 6.04. The molecule has 1 aromatic heterocycles. The van der Waals surface area contributed by atoms with E-state index >= 15 is 0 Å². The van der Waals surface area contributed by atoms with Crippen molar-refractivity contribution in [2.24, 2.45) is 39.6 Å². The third-order valence-electron chi connectivity index (χ3n) is 11.3. The SMILES string of the molecule is COc1ccc(-c2[nH]nc(N)c2C(=O)N/N=C(\C)[C@H]2CC[C@H]3[C@@H]4CC=C5C[C@@H](O)CC[C@]5(C)[C@H]4CC[C@]23C)cc1. The van der Waals surface area contributed by atoms with Gasteiger partial charge in [0.15, 0.2) is 5.82 Å². The number of hydrazone groups is 1. The van der Waals surface area contributed by atoms with Crippen molar-refractivity contribution in [1.29, 1.82) is 0 Å². The van der Waals surface area contributed by atoms with Gasteiger partial charge in [-0.15, -0.1) is 0 Å². The molecule has 1 amide bonds. The lowest BCUT2D eigenvalue weighted by Crippen LogP contribution is -2.51. The first kappa shape index (κ1) is 27.1. The van der Waals surface area contributed by atoms with Gasteiger partial charge in [-0.1, -0.05) is 25.5 Å². The van der Waals surface area contributed by atoms with Crippen molar-refractivity contribution in [3.05, 3.63) is 41.5 Å². The second-order valence-corrected chi connectivity index (χ2v) is 13.1. The summed E-state index contributed by atoms with van der Waals surface area (Å²) in [6.07, 6.45) is 11.1. The summed E-state index contributed by atoms with van der Waals surface area (Å²) in [6.45, 7) is 7.01. The van der Waals surface area contributed by atoms with Crippen LogP contribution in [0.5, 0.6) is 5.75 Å². The zero-order chi connectivity index (χ0) is 28.2. The van der Waals surface area contributed by atoms with Crippen LogP contribution in [0, 0.1) is 34.5 Å². The molecule has 0 bridgehead atoms. The Morgan fingerprint density at radius 2 is 1.93 bits per heavy atom. The highest BCUT2D eigenvalue weighted by Crippen LogP contribution is 2.66. The summed E-state index contributed by atoms with van der Waals surface area (Å²) in [5.74, 6) is 2.91. The molecule has 40 heavy (non-hydrogen) atoms. The fourth-order valence-electron chi connectivity index (χ4n) is 9.15. The van der Waals surface area contributed by atoms with Gasteiger partial charge in [-0.25, -0.2) is 5.43 Å². The lowest BCUT2D eigenvalue weighted by molar-refractivity contribution is -0.0423. The van der Waals surface area contributed by atoms with Gasteiger partial charge in [0.25, 0.3) is 5.91 Å². The summed E-state index contributed by atoms with van der Waals surface area (Å²) in [6, 6.07) is 7.41. The number of nitrogens with one attached hydrogen (secondary N) is 2. The molecule has 0 unspecified atom stereocenters. The summed E-state index contributed by atoms with van der Waals surface area (Å²) in [5, 5.41) is 22.0. The van der Waals surface area contributed by atoms with Gasteiger partial charge in [0.2, 0.25) is 0 Å². The van der Waals surface area contributed by atoms with Crippen molar-refractivity contribution in [3.63, 3.8) is 0 Å². The van der Waals surface area contributed by atoms with Gasteiger partial charge in [0.1, 0.15) is 11.3 Å². The Balaban J connectivity index is 1.19. The van der Waals surface area contributed by atoms with Crippen molar-refractivity contribution in [2.45, 2.75) is 78.2 Å². The molecule has 2 aromatic rings. The number of nitrogens with two attached hydrogens (primary N) is 1. The van der Waals surface area contributed by atoms with Crippen LogP contribution < -0.4 is 15.9 Å². The van der Waals surface area contributed by atoms with Crippen LogP contribution in [-0.4, -0.2) is 40.1 Å². The number of carbonyl (C=O) groups excluding carboxylic acids is 1. The standard InChI is InChI=1S/C32H43N5O3/c1-18(34-37-30(39)27-28(35-36-29(27)33)19-5-8-22(40-4)9-6-19)24-11-12-25-23-10-7-20-17-21(38)13-15-31(20,2)26(23)14-16-32(24,25)3/h5-9,21,23-26,38H,10-17H2,1-4H3,(H,37,39)(H3,33,35,36)/b34-18+/t21-,23-,24+,25-,26-,31-,32+/m0/s1. The quantitative estimate of drug-likeness (QED) is 0.217. The number of methoxy groups -OCH3 is 1. The van der Waals surface area contributed by atoms with E-state index in [4.69, 9.17) is 10.5 Å². The summed E-state index contributed by atoms with van der Waals surface area (Å²) in [7, 11) is 1.62. The van der Waals surface area contributed by atoms with Crippen molar-refractivity contribution >= 4 is 17.4 Å². The number of nitrogens with zero attached hydrogens (tertiary/aromatic N) is 2. The van der Waals surface area contributed by atoms with Crippen LogP contribution >= 0.6 is 0 Å². The first-order valence-electron chi connectivity index (χ1n) is 14.9. The van der Waals surface area contributed by atoms with Crippen LogP contribution in [0.25, 0.3) is 11.3 Å². The molecular weight excluding hydrogens is 502 g/mol. The molecule has 4 aliphatic rings. The van der Waals surface area contributed by atoms with E-state index in [1.807, 2.05) is 24.3 Å². The number of ether oxygens (including phenoxy) is 1. The zero-order valence-electron chi connectivity index (χ0n) is 24.2. The average Bonchev–Trinajstić information content (AvgIpc) is 3.51. The smallest absolute Gasteiger partial charge is 0.277 e. The van der Waals surface area contributed by atoms with Crippen LogP contribution in [0.4, 0.5) is 5.82 Å². The maximum atomic E-state index is 13.3. The Bertz CT molecular complexity index is 1350. The van der Waals surface area contributed by atoms with Gasteiger partial charge in [0, 0.05) is 17.2 Å². The number of aliphatic hydroxyl groups is 1. The predicted molar refractivity (Wildman–Crippen MR) is 157 cm³/mol. The van der Waals surface area contributed by atoms with E-state index in [1.54, 1.807) is 7.11 Å². The summed E-state index contributed by atoms with van der Waals surface area (Å²) in [5.41, 5.74) is 13.5. The largest absolute Gasteiger partial charge is 0.497 e. The Kier molecular flexibility index (Phi) is 6.80. The van der Waals surface area contributed by atoms with E-state index in [-0.39, 0.29) is 28.7 Å². The number of allylic oxidation sites excluding steroid dienone is 1. The zero-order valence-corrected chi connectivity index (χ0v) is 24.2. The Hall–Kier alpha value is -3.13. The highest BCUT2D eigenvalue weighted by atomic mass is 16.5. The molecular formula is C32H43N5O3. The lowest BCUT2D eigenvalue weighted by Gasteiger charge is -2.58. The number of amides is 1. The topological polar surface area (TPSA) is 126 Å². The number of hydrogen-bond donors (Lipinski definition) is 4. The number of H-pyrrole nitrogens is 1. The number of hydrogen-bond acceptors (Lipinski definition) is 6. The van der Waals surface area contributed by atoms with E-state index in [0.717, 1.165) is 49.1 Å². The lowest BCUT2D eigenvalue weighted by atomic mass is 9.47.